The molecule has 4 heteroatoms. The van der Waals surface area contributed by atoms with Crippen LogP contribution < -0.4 is 16.0 Å². The first-order valence-corrected chi connectivity index (χ1v) is 6.56. The summed E-state index contributed by atoms with van der Waals surface area (Å²) in [5.74, 6) is 0.233. The molecule has 2 rings (SSSR count). The molecule has 0 radical (unpaired) electrons. The molecule has 18 heavy (non-hydrogen) atoms. The van der Waals surface area contributed by atoms with Crippen molar-refractivity contribution < 1.29 is 4.79 Å². The third-order valence-corrected chi connectivity index (χ3v) is 3.37. The molecule has 1 aliphatic rings. The van der Waals surface area contributed by atoms with Crippen LogP contribution in [0.5, 0.6) is 0 Å². The SMILES string of the molecule is CC(NCCN)c1ccc(N2CCCC2=O)cc1. The monoisotopic (exact) mass is 247 g/mol. The number of rotatable bonds is 5. The molecule has 1 fully saturated rings. The summed E-state index contributed by atoms with van der Waals surface area (Å²) < 4.78 is 0. The quantitative estimate of drug-likeness (QED) is 0.827. The number of anilines is 1. The summed E-state index contributed by atoms with van der Waals surface area (Å²) in [6.07, 6.45) is 1.64. The molecule has 4 nitrogen and oxygen atoms in total. The van der Waals surface area contributed by atoms with Gasteiger partial charge in [-0.1, -0.05) is 12.1 Å². The van der Waals surface area contributed by atoms with E-state index in [1.165, 1.54) is 5.56 Å². The highest BCUT2D eigenvalue weighted by Crippen LogP contribution is 2.23. The van der Waals surface area contributed by atoms with Crippen LogP contribution in [0.1, 0.15) is 31.4 Å². The van der Waals surface area contributed by atoms with Gasteiger partial charge in [0.25, 0.3) is 0 Å². The summed E-state index contributed by atoms with van der Waals surface area (Å²) in [6.45, 7) is 4.42. The van der Waals surface area contributed by atoms with E-state index in [1.54, 1.807) is 0 Å². The Morgan fingerprint density at radius 1 is 1.39 bits per heavy atom. The van der Waals surface area contributed by atoms with Crippen LogP contribution in [-0.2, 0) is 4.79 Å². The van der Waals surface area contributed by atoms with Gasteiger partial charge in [-0.15, -0.1) is 0 Å². The summed E-state index contributed by atoms with van der Waals surface area (Å²) in [4.78, 5) is 13.5. The van der Waals surface area contributed by atoms with Gasteiger partial charge in [0.15, 0.2) is 0 Å². The van der Waals surface area contributed by atoms with Crippen molar-refractivity contribution in [1.29, 1.82) is 0 Å². The molecule has 0 aliphatic carbocycles. The Morgan fingerprint density at radius 3 is 2.67 bits per heavy atom. The first-order chi connectivity index (χ1) is 8.72. The molecule has 1 unspecified atom stereocenters. The molecule has 98 valence electrons. The third-order valence-electron chi connectivity index (χ3n) is 3.37. The number of benzene rings is 1. The Hall–Kier alpha value is -1.39. The maximum atomic E-state index is 11.6. The molecule has 1 aromatic carbocycles. The standard InChI is InChI=1S/C14H21N3O/c1-11(16-9-8-15)12-4-6-13(7-5-12)17-10-2-3-14(17)18/h4-7,11,16H,2-3,8-10,15H2,1H3. The molecule has 1 heterocycles. The van der Waals surface area contributed by atoms with E-state index in [4.69, 9.17) is 5.73 Å². The fourth-order valence-corrected chi connectivity index (χ4v) is 2.28. The number of nitrogens with one attached hydrogen (secondary N) is 1. The van der Waals surface area contributed by atoms with E-state index in [0.29, 0.717) is 13.0 Å². The van der Waals surface area contributed by atoms with Crippen LogP contribution in [0.25, 0.3) is 0 Å². The number of hydrogen-bond donors (Lipinski definition) is 2. The minimum atomic E-state index is 0.233. The highest BCUT2D eigenvalue weighted by atomic mass is 16.2. The van der Waals surface area contributed by atoms with Crippen molar-refractivity contribution in [1.82, 2.24) is 5.32 Å². The fraction of sp³-hybridized carbons (Fsp3) is 0.500. The van der Waals surface area contributed by atoms with Crippen LogP contribution in [0.3, 0.4) is 0 Å². The van der Waals surface area contributed by atoms with Crippen molar-refractivity contribution >= 4 is 11.6 Å². The van der Waals surface area contributed by atoms with Crippen LogP contribution in [0.15, 0.2) is 24.3 Å². The topological polar surface area (TPSA) is 58.4 Å². The van der Waals surface area contributed by atoms with Crippen molar-refractivity contribution in [3.63, 3.8) is 0 Å². The Morgan fingerprint density at radius 2 is 2.11 bits per heavy atom. The van der Waals surface area contributed by atoms with E-state index in [1.807, 2.05) is 17.0 Å². The molecule has 0 aromatic heterocycles. The van der Waals surface area contributed by atoms with E-state index in [2.05, 4.69) is 24.4 Å². The van der Waals surface area contributed by atoms with Crippen LogP contribution in [-0.4, -0.2) is 25.5 Å². The van der Waals surface area contributed by atoms with Crippen molar-refractivity contribution in [2.45, 2.75) is 25.8 Å². The first-order valence-electron chi connectivity index (χ1n) is 6.56. The second kappa shape index (κ2) is 5.98. The molecule has 1 aliphatic heterocycles. The summed E-state index contributed by atoms with van der Waals surface area (Å²) in [6, 6.07) is 8.50. The maximum Gasteiger partial charge on any atom is 0.227 e. The van der Waals surface area contributed by atoms with E-state index in [0.717, 1.165) is 25.2 Å². The number of nitrogens with two attached hydrogens (primary N) is 1. The molecular weight excluding hydrogens is 226 g/mol. The van der Waals surface area contributed by atoms with Gasteiger partial charge in [-0.2, -0.15) is 0 Å². The van der Waals surface area contributed by atoms with Gasteiger partial charge in [0.05, 0.1) is 0 Å². The lowest BCUT2D eigenvalue weighted by Crippen LogP contribution is -2.26. The average Bonchev–Trinajstić information content (AvgIpc) is 2.82. The van der Waals surface area contributed by atoms with E-state index in [9.17, 15) is 4.79 Å². The predicted molar refractivity (Wildman–Crippen MR) is 73.5 cm³/mol. The predicted octanol–water partition coefficient (Wildman–Crippen LogP) is 1.42. The molecule has 3 N–H and O–H groups in total. The number of amides is 1. The normalized spacial score (nSPS) is 17.2. The first kappa shape index (κ1) is 13.1. The highest BCUT2D eigenvalue weighted by Gasteiger charge is 2.21. The second-order valence-electron chi connectivity index (χ2n) is 4.70. The molecule has 1 saturated heterocycles. The minimum absolute atomic E-state index is 0.233. The lowest BCUT2D eigenvalue weighted by molar-refractivity contribution is -0.117. The molecule has 0 spiro atoms. The molecule has 0 bridgehead atoms. The van der Waals surface area contributed by atoms with Gasteiger partial charge in [0.2, 0.25) is 5.91 Å². The number of carbonyl (C=O) groups excluding carboxylic acids is 1. The van der Waals surface area contributed by atoms with Crippen LogP contribution >= 0.6 is 0 Å². The summed E-state index contributed by atoms with van der Waals surface area (Å²) in [5, 5.41) is 3.34. The zero-order valence-electron chi connectivity index (χ0n) is 10.9. The lowest BCUT2D eigenvalue weighted by atomic mass is 10.1. The van der Waals surface area contributed by atoms with Crippen molar-refractivity contribution in [2.24, 2.45) is 5.73 Å². The third kappa shape index (κ3) is 2.89. The Labute approximate surface area is 108 Å². The summed E-state index contributed by atoms with van der Waals surface area (Å²) in [7, 11) is 0. The summed E-state index contributed by atoms with van der Waals surface area (Å²) in [5.41, 5.74) is 7.70. The Balaban J connectivity index is 2.03. The smallest absolute Gasteiger partial charge is 0.227 e. The van der Waals surface area contributed by atoms with Crippen molar-refractivity contribution in [2.75, 3.05) is 24.5 Å². The van der Waals surface area contributed by atoms with Crippen LogP contribution in [0, 0.1) is 0 Å². The Kier molecular flexibility index (Phi) is 4.33. The zero-order valence-corrected chi connectivity index (χ0v) is 10.9. The number of nitrogens with zero attached hydrogens (tertiary/aromatic N) is 1. The maximum absolute atomic E-state index is 11.6. The molecular formula is C14H21N3O. The molecule has 1 aromatic rings. The summed E-state index contributed by atoms with van der Waals surface area (Å²) >= 11 is 0. The van der Waals surface area contributed by atoms with Crippen LogP contribution in [0.4, 0.5) is 5.69 Å². The van der Waals surface area contributed by atoms with Gasteiger partial charge < -0.3 is 16.0 Å². The van der Waals surface area contributed by atoms with Gasteiger partial charge in [0.1, 0.15) is 0 Å². The molecule has 0 saturated carbocycles. The average molecular weight is 247 g/mol. The van der Waals surface area contributed by atoms with Gasteiger partial charge in [0, 0.05) is 37.8 Å². The van der Waals surface area contributed by atoms with Gasteiger partial charge >= 0.3 is 0 Å². The van der Waals surface area contributed by atoms with Gasteiger partial charge in [-0.25, -0.2) is 0 Å². The minimum Gasteiger partial charge on any atom is -0.329 e. The van der Waals surface area contributed by atoms with Gasteiger partial charge in [-0.3, -0.25) is 4.79 Å². The van der Waals surface area contributed by atoms with Gasteiger partial charge in [-0.05, 0) is 31.0 Å². The van der Waals surface area contributed by atoms with Crippen LogP contribution in [0.2, 0.25) is 0 Å². The largest absolute Gasteiger partial charge is 0.329 e. The second-order valence-corrected chi connectivity index (χ2v) is 4.70. The van der Waals surface area contributed by atoms with E-state index < -0.39 is 0 Å². The lowest BCUT2D eigenvalue weighted by Gasteiger charge is -2.18. The zero-order chi connectivity index (χ0) is 13.0. The van der Waals surface area contributed by atoms with E-state index >= 15 is 0 Å². The number of hydrogen-bond acceptors (Lipinski definition) is 3. The fourth-order valence-electron chi connectivity index (χ4n) is 2.28. The highest BCUT2D eigenvalue weighted by molar-refractivity contribution is 5.95. The van der Waals surface area contributed by atoms with Crippen molar-refractivity contribution in [3.8, 4) is 0 Å². The van der Waals surface area contributed by atoms with E-state index in [-0.39, 0.29) is 11.9 Å². The Bertz CT molecular complexity index is 402. The van der Waals surface area contributed by atoms with Crippen molar-refractivity contribution in [3.05, 3.63) is 29.8 Å². The molecule has 1 atom stereocenters. The number of carbonyl (C=O) groups is 1. The molecule has 1 amide bonds.